The van der Waals surface area contributed by atoms with Crippen molar-refractivity contribution >= 4 is 11.8 Å². The molecule has 0 aromatic heterocycles. The summed E-state index contributed by atoms with van der Waals surface area (Å²) in [6.07, 6.45) is 0.800. The first-order valence-corrected chi connectivity index (χ1v) is 6.07. The second kappa shape index (κ2) is 4.94. The van der Waals surface area contributed by atoms with Gasteiger partial charge in [0, 0.05) is 24.1 Å². The van der Waals surface area contributed by atoms with Crippen LogP contribution in [0.1, 0.15) is 5.56 Å². The van der Waals surface area contributed by atoms with Crippen LogP contribution in [0.4, 0.5) is 8.78 Å². The molecule has 1 aliphatic rings. The largest absolute Gasteiger partial charge is 0.315 e. The monoisotopic (exact) mass is 229 g/mol. The molecule has 1 atom stereocenters. The van der Waals surface area contributed by atoms with E-state index < -0.39 is 11.6 Å². The van der Waals surface area contributed by atoms with E-state index >= 15 is 0 Å². The quantitative estimate of drug-likeness (QED) is 0.834. The van der Waals surface area contributed by atoms with Gasteiger partial charge in [-0.3, -0.25) is 0 Å². The van der Waals surface area contributed by atoms with Gasteiger partial charge in [0.15, 0.2) is 11.6 Å². The Kier molecular flexibility index (Phi) is 3.59. The fraction of sp³-hybridized carbons (Fsp3) is 0.455. The van der Waals surface area contributed by atoms with Gasteiger partial charge in [-0.2, -0.15) is 11.8 Å². The molecule has 0 radical (unpaired) electrons. The van der Waals surface area contributed by atoms with Crippen molar-refractivity contribution in [1.82, 2.24) is 5.32 Å². The van der Waals surface area contributed by atoms with Crippen molar-refractivity contribution < 1.29 is 8.78 Å². The van der Waals surface area contributed by atoms with Gasteiger partial charge in [-0.15, -0.1) is 0 Å². The van der Waals surface area contributed by atoms with Crippen LogP contribution in [0.25, 0.3) is 0 Å². The maximum atomic E-state index is 12.9. The number of rotatable bonds is 2. The first kappa shape index (κ1) is 10.9. The molecule has 1 heterocycles. The molecule has 1 nitrogen and oxygen atoms in total. The molecule has 1 N–H and O–H groups in total. The smallest absolute Gasteiger partial charge is 0.159 e. The van der Waals surface area contributed by atoms with Crippen molar-refractivity contribution in [3.8, 4) is 0 Å². The molecule has 0 spiro atoms. The summed E-state index contributed by atoms with van der Waals surface area (Å²) >= 11 is 1.89. The number of nitrogens with one attached hydrogen (secondary N) is 1. The minimum absolute atomic E-state index is 0.476. The van der Waals surface area contributed by atoms with Gasteiger partial charge >= 0.3 is 0 Å². The number of halogens is 2. The second-order valence-corrected chi connectivity index (χ2v) is 5.06. The minimum atomic E-state index is -0.770. The third-order valence-electron chi connectivity index (χ3n) is 2.45. The maximum Gasteiger partial charge on any atom is 0.159 e. The Morgan fingerprint density at radius 1 is 1.33 bits per heavy atom. The highest BCUT2D eigenvalue weighted by Gasteiger charge is 2.14. The molecule has 4 heteroatoms. The van der Waals surface area contributed by atoms with Gasteiger partial charge in [-0.25, -0.2) is 8.78 Å². The molecular weight excluding hydrogens is 216 g/mol. The maximum absolute atomic E-state index is 12.9. The predicted molar refractivity (Wildman–Crippen MR) is 59.2 cm³/mol. The summed E-state index contributed by atoms with van der Waals surface area (Å²) in [6.45, 7) is 1.99. The average molecular weight is 229 g/mol. The Morgan fingerprint density at radius 2 is 2.20 bits per heavy atom. The van der Waals surface area contributed by atoms with Crippen LogP contribution >= 0.6 is 11.8 Å². The van der Waals surface area contributed by atoms with Crippen LogP contribution in [0.3, 0.4) is 0 Å². The fourth-order valence-electron chi connectivity index (χ4n) is 1.68. The van der Waals surface area contributed by atoms with E-state index in [1.807, 2.05) is 11.8 Å². The summed E-state index contributed by atoms with van der Waals surface area (Å²) in [5, 5.41) is 3.77. The molecule has 1 aliphatic heterocycles. The molecule has 0 amide bonds. The molecular formula is C11H13F2NS. The number of hydrogen-bond donors (Lipinski definition) is 1. The highest BCUT2D eigenvalue weighted by molar-refractivity contribution is 8.00. The van der Waals surface area contributed by atoms with Crippen molar-refractivity contribution in [3.05, 3.63) is 35.4 Å². The van der Waals surface area contributed by atoms with E-state index in [9.17, 15) is 8.78 Å². The van der Waals surface area contributed by atoms with Crippen LogP contribution < -0.4 is 5.32 Å². The molecule has 15 heavy (non-hydrogen) atoms. The van der Waals surface area contributed by atoms with Crippen LogP contribution in [0.5, 0.6) is 0 Å². The molecule has 2 rings (SSSR count). The first-order chi connectivity index (χ1) is 7.25. The molecule has 1 saturated heterocycles. The standard InChI is InChI=1S/C11H13F2NS/c12-10-2-1-8(6-11(10)13)5-9-7-14-3-4-15-9/h1-2,6,9,14H,3-5,7H2. The van der Waals surface area contributed by atoms with E-state index in [0.717, 1.165) is 30.8 Å². The molecule has 1 aromatic rings. The second-order valence-electron chi connectivity index (χ2n) is 3.65. The van der Waals surface area contributed by atoms with Gasteiger partial charge in [0.2, 0.25) is 0 Å². The molecule has 1 aromatic carbocycles. The lowest BCUT2D eigenvalue weighted by molar-refractivity contribution is 0.506. The zero-order valence-electron chi connectivity index (χ0n) is 8.30. The summed E-state index contributed by atoms with van der Waals surface area (Å²) in [4.78, 5) is 0. The topological polar surface area (TPSA) is 12.0 Å². The van der Waals surface area contributed by atoms with E-state index in [2.05, 4.69) is 5.32 Å². The Balaban J connectivity index is 2.00. The number of thioether (sulfide) groups is 1. The molecule has 0 aliphatic carbocycles. The van der Waals surface area contributed by atoms with E-state index in [1.165, 1.54) is 12.1 Å². The van der Waals surface area contributed by atoms with E-state index in [0.29, 0.717) is 5.25 Å². The van der Waals surface area contributed by atoms with Gasteiger partial charge in [0.25, 0.3) is 0 Å². The molecule has 1 fully saturated rings. The zero-order valence-corrected chi connectivity index (χ0v) is 9.12. The van der Waals surface area contributed by atoms with Crippen LogP contribution in [0.2, 0.25) is 0 Å². The van der Waals surface area contributed by atoms with Crippen molar-refractivity contribution in [2.24, 2.45) is 0 Å². The lowest BCUT2D eigenvalue weighted by atomic mass is 10.1. The Hall–Kier alpha value is -0.610. The third-order valence-corrected chi connectivity index (χ3v) is 3.70. The summed E-state index contributed by atoms with van der Waals surface area (Å²) in [5.41, 5.74) is 0.870. The normalized spacial score (nSPS) is 21.6. The summed E-state index contributed by atoms with van der Waals surface area (Å²) in [5.74, 6) is -0.427. The predicted octanol–water partition coefficient (Wildman–Crippen LogP) is 2.21. The summed E-state index contributed by atoms with van der Waals surface area (Å²) < 4.78 is 25.6. The number of hydrogen-bond acceptors (Lipinski definition) is 2. The van der Waals surface area contributed by atoms with Crippen LogP contribution in [-0.2, 0) is 6.42 Å². The Morgan fingerprint density at radius 3 is 2.87 bits per heavy atom. The van der Waals surface area contributed by atoms with Crippen molar-refractivity contribution in [1.29, 1.82) is 0 Å². The van der Waals surface area contributed by atoms with Gasteiger partial charge < -0.3 is 5.32 Å². The van der Waals surface area contributed by atoms with E-state index in [4.69, 9.17) is 0 Å². The number of benzene rings is 1. The average Bonchev–Trinajstić information content (AvgIpc) is 2.25. The lowest BCUT2D eigenvalue weighted by Crippen LogP contribution is -2.33. The zero-order chi connectivity index (χ0) is 10.7. The van der Waals surface area contributed by atoms with E-state index in [-0.39, 0.29) is 0 Å². The van der Waals surface area contributed by atoms with Crippen molar-refractivity contribution in [2.45, 2.75) is 11.7 Å². The first-order valence-electron chi connectivity index (χ1n) is 5.02. The lowest BCUT2D eigenvalue weighted by Gasteiger charge is -2.22. The Bertz CT molecular complexity index is 337. The van der Waals surface area contributed by atoms with Gasteiger partial charge in [-0.05, 0) is 24.1 Å². The Labute approximate surface area is 92.3 Å². The summed E-state index contributed by atoms with van der Waals surface area (Å²) in [7, 11) is 0. The van der Waals surface area contributed by atoms with Crippen molar-refractivity contribution in [2.75, 3.05) is 18.8 Å². The summed E-state index contributed by atoms with van der Waals surface area (Å²) in [6, 6.07) is 4.16. The van der Waals surface area contributed by atoms with Gasteiger partial charge in [-0.1, -0.05) is 6.07 Å². The van der Waals surface area contributed by atoms with Gasteiger partial charge in [0.1, 0.15) is 0 Å². The molecule has 0 saturated carbocycles. The molecule has 0 bridgehead atoms. The van der Waals surface area contributed by atoms with Crippen LogP contribution in [0.15, 0.2) is 18.2 Å². The highest BCUT2D eigenvalue weighted by atomic mass is 32.2. The highest BCUT2D eigenvalue weighted by Crippen LogP contribution is 2.19. The molecule has 82 valence electrons. The molecule has 1 unspecified atom stereocenters. The van der Waals surface area contributed by atoms with E-state index in [1.54, 1.807) is 6.07 Å². The minimum Gasteiger partial charge on any atom is -0.315 e. The van der Waals surface area contributed by atoms with Gasteiger partial charge in [0.05, 0.1) is 0 Å². The fourth-order valence-corrected chi connectivity index (χ4v) is 2.82. The third kappa shape index (κ3) is 2.92. The van der Waals surface area contributed by atoms with Crippen LogP contribution in [-0.4, -0.2) is 24.1 Å². The van der Waals surface area contributed by atoms with Crippen molar-refractivity contribution in [3.63, 3.8) is 0 Å². The van der Waals surface area contributed by atoms with Crippen LogP contribution in [0, 0.1) is 11.6 Å². The SMILES string of the molecule is Fc1ccc(CC2CNCCS2)cc1F.